The minimum atomic E-state index is 0.510. The molecule has 0 unspecified atom stereocenters. The molecule has 0 saturated heterocycles. The molecule has 3 aromatic rings. The van der Waals surface area contributed by atoms with Gasteiger partial charge in [-0.15, -0.1) is 0 Å². The van der Waals surface area contributed by atoms with Crippen LogP contribution in [0.1, 0.15) is 17.0 Å². The molecule has 30 heavy (non-hydrogen) atoms. The number of nitrogens with zero attached hydrogens (tertiary/aromatic N) is 3. The quantitative estimate of drug-likeness (QED) is 0.341. The fourth-order valence-corrected chi connectivity index (χ4v) is 3.17. The highest BCUT2D eigenvalue weighted by Gasteiger charge is 2.09. The third kappa shape index (κ3) is 5.53. The molecule has 7 nitrogen and oxygen atoms in total. The summed E-state index contributed by atoms with van der Waals surface area (Å²) in [6, 6.07) is 17.9. The highest BCUT2D eigenvalue weighted by atomic mass is 16.5. The van der Waals surface area contributed by atoms with Crippen LogP contribution in [-0.4, -0.2) is 43.0 Å². The van der Waals surface area contributed by atoms with E-state index in [1.165, 1.54) is 0 Å². The van der Waals surface area contributed by atoms with Gasteiger partial charge in [-0.3, -0.25) is 4.99 Å². The van der Waals surface area contributed by atoms with Gasteiger partial charge in [-0.2, -0.15) is 5.10 Å². The van der Waals surface area contributed by atoms with Crippen LogP contribution < -0.4 is 20.1 Å². The van der Waals surface area contributed by atoms with E-state index >= 15 is 0 Å². The van der Waals surface area contributed by atoms with E-state index in [1.54, 1.807) is 14.2 Å². The monoisotopic (exact) mass is 407 g/mol. The highest BCUT2D eigenvalue weighted by molar-refractivity contribution is 5.79. The summed E-state index contributed by atoms with van der Waals surface area (Å²) >= 11 is 0. The van der Waals surface area contributed by atoms with E-state index in [0.29, 0.717) is 25.7 Å². The van der Waals surface area contributed by atoms with Crippen molar-refractivity contribution in [1.82, 2.24) is 20.4 Å². The Morgan fingerprint density at radius 2 is 1.83 bits per heavy atom. The van der Waals surface area contributed by atoms with Gasteiger partial charge in [-0.05, 0) is 43.7 Å². The summed E-state index contributed by atoms with van der Waals surface area (Å²) in [4.78, 5) is 4.30. The van der Waals surface area contributed by atoms with E-state index in [-0.39, 0.29) is 0 Å². The maximum Gasteiger partial charge on any atom is 0.191 e. The molecule has 0 aliphatic carbocycles. The van der Waals surface area contributed by atoms with E-state index in [9.17, 15) is 0 Å². The number of guanidine groups is 1. The van der Waals surface area contributed by atoms with Gasteiger partial charge in [-0.25, -0.2) is 4.68 Å². The largest absolute Gasteiger partial charge is 0.497 e. The van der Waals surface area contributed by atoms with Gasteiger partial charge in [0.15, 0.2) is 5.96 Å². The summed E-state index contributed by atoms with van der Waals surface area (Å²) in [5.41, 5.74) is 4.31. The number of aliphatic imine (C=N–C) groups is 1. The Kier molecular flexibility index (Phi) is 7.32. The molecule has 0 aliphatic heterocycles. The lowest BCUT2D eigenvalue weighted by Crippen LogP contribution is -2.39. The van der Waals surface area contributed by atoms with Crippen molar-refractivity contribution in [1.29, 1.82) is 0 Å². The van der Waals surface area contributed by atoms with E-state index in [2.05, 4.69) is 45.8 Å². The number of rotatable bonds is 8. The number of benzene rings is 2. The fraction of sp³-hybridized carbons (Fsp3) is 0.304. The first-order valence-electron chi connectivity index (χ1n) is 9.93. The zero-order valence-electron chi connectivity index (χ0n) is 18.0. The van der Waals surface area contributed by atoms with Gasteiger partial charge in [-0.1, -0.05) is 24.3 Å². The fourth-order valence-electron chi connectivity index (χ4n) is 3.17. The summed E-state index contributed by atoms with van der Waals surface area (Å²) in [6.45, 7) is 5.83. The zero-order chi connectivity index (χ0) is 21.3. The molecule has 3 rings (SSSR count). The second kappa shape index (κ2) is 10.3. The summed E-state index contributed by atoms with van der Waals surface area (Å²) in [5, 5.41) is 11.2. The SMILES string of the molecule is CN=C(NCCOc1cccc(OC)c1)NCc1ccccc1-n1nc(C)cc1C. The van der Waals surface area contributed by atoms with E-state index < -0.39 is 0 Å². The molecule has 0 aliphatic rings. The normalized spacial score (nSPS) is 11.3. The van der Waals surface area contributed by atoms with Crippen molar-refractivity contribution in [3.63, 3.8) is 0 Å². The summed E-state index contributed by atoms with van der Waals surface area (Å²) in [7, 11) is 3.40. The Morgan fingerprint density at radius 1 is 1.03 bits per heavy atom. The number of hydrogen-bond donors (Lipinski definition) is 2. The standard InChI is InChI=1S/C23H29N5O2/c1-17-14-18(2)28(27-17)22-11-6-5-8-19(22)16-26-23(24-3)25-12-13-30-21-10-7-9-20(15-21)29-4/h5-11,14-15H,12-13,16H2,1-4H3,(H2,24,25,26). The average molecular weight is 408 g/mol. The summed E-state index contributed by atoms with van der Waals surface area (Å²) in [6.07, 6.45) is 0. The lowest BCUT2D eigenvalue weighted by Gasteiger charge is -2.15. The van der Waals surface area contributed by atoms with Gasteiger partial charge in [0.05, 0.1) is 25.0 Å². The van der Waals surface area contributed by atoms with Crippen LogP contribution in [0.4, 0.5) is 0 Å². The number of para-hydroxylation sites is 1. The van der Waals surface area contributed by atoms with Crippen LogP contribution in [0, 0.1) is 13.8 Å². The van der Waals surface area contributed by atoms with E-state index in [0.717, 1.165) is 34.1 Å². The number of aryl methyl sites for hydroxylation is 2. The molecule has 158 valence electrons. The Morgan fingerprint density at radius 3 is 2.57 bits per heavy atom. The second-order valence-electron chi connectivity index (χ2n) is 6.85. The maximum atomic E-state index is 5.76. The van der Waals surface area contributed by atoms with Crippen LogP contribution in [0.5, 0.6) is 11.5 Å². The van der Waals surface area contributed by atoms with Crippen molar-refractivity contribution in [2.75, 3.05) is 27.3 Å². The molecule has 0 spiro atoms. The first kappa shape index (κ1) is 21.2. The Bertz CT molecular complexity index is 997. The predicted octanol–water partition coefficient (Wildman–Crippen LogP) is 3.24. The van der Waals surface area contributed by atoms with Gasteiger partial charge in [0.25, 0.3) is 0 Å². The molecule has 0 fully saturated rings. The Labute approximate surface area is 177 Å². The van der Waals surface area contributed by atoms with Crippen LogP contribution >= 0.6 is 0 Å². The molecule has 1 heterocycles. The Hall–Kier alpha value is -3.48. The molecule has 0 bridgehead atoms. The molecule has 0 atom stereocenters. The van der Waals surface area contributed by atoms with Crippen molar-refractivity contribution in [2.24, 2.45) is 4.99 Å². The zero-order valence-corrected chi connectivity index (χ0v) is 18.0. The molecule has 2 aromatic carbocycles. The minimum Gasteiger partial charge on any atom is -0.497 e. The van der Waals surface area contributed by atoms with Gasteiger partial charge in [0.2, 0.25) is 0 Å². The van der Waals surface area contributed by atoms with Crippen LogP contribution in [0.3, 0.4) is 0 Å². The molecular formula is C23H29N5O2. The van der Waals surface area contributed by atoms with Crippen LogP contribution in [-0.2, 0) is 6.54 Å². The number of methoxy groups -OCH3 is 1. The third-order valence-corrected chi connectivity index (χ3v) is 4.60. The molecule has 2 N–H and O–H groups in total. The molecule has 1 aromatic heterocycles. The van der Waals surface area contributed by atoms with Crippen LogP contribution in [0.2, 0.25) is 0 Å². The Balaban J connectivity index is 1.53. The topological polar surface area (TPSA) is 72.7 Å². The van der Waals surface area contributed by atoms with Crippen molar-refractivity contribution >= 4 is 5.96 Å². The molecule has 0 amide bonds. The molecule has 0 radical (unpaired) electrons. The van der Waals surface area contributed by atoms with Crippen molar-refractivity contribution in [2.45, 2.75) is 20.4 Å². The van der Waals surface area contributed by atoms with Gasteiger partial charge < -0.3 is 20.1 Å². The first-order chi connectivity index (χ1) is 14.6. The molecular weight excluding hydrogens is 378 g/mol. The van der Waals surface area contributed by atoms with E-state index in [4.69, 9.17) is 9.47 Å². The van der Waals surface area contributed by atoms with Crippen molar-refractivity contribution in [3.05, 3.63) is 71.5 Å². The smallest absolute Gasteiger partial charge is 0.191 e. The summed E-state index contributed by atoms with van der Waals surface area (Å²) in [5.74, 6) is 2.27. The van der Waals surface area contributed by atoms with Gasteiger partial charge in [0.1, 0.15) is 18.1 Å². The number of ether oxygens (including phenoxy) is 2. The average Bonchev–Trinajstić information content (AvgIpc) is 3.11. The van der Waals surface area contributed by atoms with Gasteiger partial charge in [0, 0.05) is 25.4 Å². The second-order valence-corrected chi connectivity index (χ2v) is 6.85. The maximum absolute atomic E-state index is 5.76. The van der Waals surface area contributed by atoms with Crippen LogP contribution in [0.25, 0.3) is 5.69 Å². The van der Waals surface area contributed by atoms with Crippen molar-refractivity contribution < 1.29 is 9.47 Å². The highest BCUT2D eigenvalue weighted by Crippen LogP contribution is 2.19. The minimum absolute atomic E-state index is 0.510. The van der Waals surface area contributed by atoms with E-state index in [1.807, 2.05) is 48.0 Å². The third-order valence-electron chi connectivity index (χ3n) is 4.60. The number of hydrogen-bond acceptors (Lipinski definition) is 4. The molecule has 0 saturated carbocycles. The summed E-state index contributed by atoms with van der Waals surface area (Å²) < 4.78 is 12.9. The number of nitrogens with one attached hydrogen (secondary N) is 2. The first-order valence-corrected chi connectivity index (χ1v) is 9.93. The lowest BCUT2D eigenvalue weighted by atomic mass is 10.1. The predicted molar refractivity (Wildman–Crippen MR) is 120 cm³/mol. The lowest BCUT2D eigenvalue weighted by molar-refractivity contribution is 0.319. The number of aromatic nitrogens is 2. The van der Waals surface area contributed by atoms with Crippen molar-refractivity contribution in [3.8, 4) is 17.2 Å². The van der Waals surface area contributed by atoms with Gasteiger partial charge >= 0.3 is 0 Å². The molecule has 7 heteroatoms. The van der Waals surface area contributed by atoms with Crippen LogP contribution in [0.15, 0.2) is 59.6 Å².